The first-order chi connectivity index (χ1) is 8.20. The van der Waals surface area contributed by atoms with Crippen molar-refractivity contribution in [2.45, 2.75) is 32.4 Å². The zero-order valence-corrected chi connectivity index (χ0v) is 10.9. The summed E-state index contributed by atoms with van der Waals surface area (Å²) < 4.78 is 5.36. The van der Waals surface area contributed by atoms with Crippen LogP contribution >= 0.6 is 11.6 Å². The van der Waals surface area contributed by atoms with Gasteiger partial charge in [0.2, 0.25) is 0 Å². The monoisotopic (exact) mass is 251 g/mol. The van der Waals surface area contributed by atoms with E-state index in [1.54, 1.807) is 0 Å². The summed E-state index contributed by atoms with van der Waals surface area (Å²) >= 11 is 6.22. The Kier molecular flexibility index (Phi) is 4.08. The molecule has 0 saturated heterocycles. The molecule has 1 fully saturated rings. The van der Waals surface area contributed by atoms with E-state index in [9.17, 15) is 0 Å². The van der Waals surface area contributed by atoms with Crippen molar-refractivity contribution in [3.05, 3.63) is 40.9 Å². The van der Waals surface area contributed by atoms with Gasteiger partial charge in [0, 0.05) is 18.2 Å². The Labute approximate surface area is 108 Å². The van der Waals surface area contributed by atoms with Crippen LogP contribution in [0.4, 0.5) is 0 Å². The second-order valence-electron chi connectivity index (χ2n) is 4.33. The lowest BCUT2D eigenvalue weighted by Gasteiger charge is -2.10. The van der Waals surface area contributed by atoms with Crippen molar-refractivity contribution in [1.29, 1.82) is 0 Å². The summed E-state index contributed by atoms with van der Waals surface area (Å²) in [7, 11) is 0. The molecule has 2 nitrogen and oxygen atoms in total. The Morgan fingerprint density at radius 1 is 1.53 bits per heavy atom. The molecule has 0 aromatic heterocycles. The largest absolute Gasteiger partial charge is 0.494 e. The Balaban J connectivity index is 2.01. The molecule has 0 radical (unpaired) electrons. The van der Waals surface area contributed by atoms with Gasteiger partial charge < -0.3 is 10.1 Å². The molecule has 92 valence electrons. The Morgan fingerprint density at radius 3 is 2.88 bits per heavy atom. The molecular weight excluding hydrogens is 234 g/mol. The fourth-order valence-corrected chi connectivity index (χ4v) is 2.00. The summed E-state index contributed by atoms with van der Waals surface area (Å²) in [5.41, 5.74) is 2.08. The highest BCUT2D eigenvalue weighted by Crippen LogP contribution is 2.25. The lowest BCUT2D eigenvalue weighted by molar-refractivity contribution is 0.299. The Bertz CT molecular complexity index is 413. The van der Waals surface area contributed by atoms with Crippen molar-refractivity contribution in [3.8, 4) is 0 Å². The molecule has 0 aliphatic heterocycles. The van der Waals surface area contributed by atoms with Crippen LogP contribution < -0.4 is 5.32 Å². The number of nitrogens with one attached hydrogen (secondary N) is 1. The molecule has 0 atom stereocenters. The van der Waals surface area contributed by atoms with Gasteiger partial charge in [-0.3, -0.25) is 0 Å². The maximum absolute atomic E-state index is 6.22. The standard InChI is InChI=1S/C14H18ClNO/c1-3-17-10(2)13-7-4-11(8-14(13)15)9-16-12-5-6-12/h4,7-8,12,16H,2-3,5-6,9H2,1H3. The number of rotatable bonds is 6. The minimum atomic E-state index is 0.611. The van der Waals surface area contributed by atoms with E-state index < -0.39 is 0 Å². The molecule has 1 N–H and O–H groups in total. The van der Waals surface area contributed by atoms with Gasteiger partial charge in [0.15, 0.2) is 0 Å². The van der Waals surface area contributed by atoms with Gasteiger partial charge in [-0.15, -0.1) is 0 Å². The molecule has 0 spiro atoms. The van der Waals surface area contributed by atoms with Gasteiger partial charge >= 0.3 is 0 Å². The summed E-state index contributed by atoms with van der Waals surface area (Å²) in [5, 5.41) is 4.17. The fourth-order valence-electron chi connectivity index (χ4n) is 1.70. The smallest absolute Gasteiger partial charge is 0.120 e. The molecule has 1 aromatic carbocycles. The van der Waals surface area contributed by atoms with Crippen LogP contribution in [-0.4, -0.2) is 12.6 Å². The van der Waals surface area contributed by atoms with E-state index >= 15 is 0 Å². The quantitative estimate of drug-likeness (QED) is 0.780. The first-order valence-corrected chi connectivity index (χ1v) is 6.42. The van der Waals surface area contributed by atoms with Gasteiger partial charge in [0.25, 0.3) is 0 Å². The van der Waals surface area contributed by atoms with Gasteiger partial charge in [-0.25, -0.2) is 0 Å². The molecule has 2 rings (SSSR count). The van der Waals surface area contributed by atoms with Crippen molar-refractivity contribution in [2.24, 2.45) is 0 Å². The van der Waals surface area contributed by atoms with E-state index in [2.05, 4.69) is 18.0 Å². The Morgan fingerprint density at radius 2 is 2.29 bits per heavy atom. The van der Waals surface area contributed by atoms with Gasteiger partial charge in [-0.05, 0) is 37.5 Å². The lowest BCUT2D eigenvalue weighted by Crippen LogP contribution is -2.15. The molecule has 1 aliphatic rings. The van der Waals surface area contributed by atoms with E-state index in [1.165, 1.54) is 18.4 Å². The van der Waals surface area contributed by atoms with Crippen molar-refractivity contribution >= 4 is 17.4 Å². The third kappa shape index (κ3) is 3.48. The zero-order valence-electron chi connectivity index (χ0n) is 10.1. The minimum Gasteiger partial charge on any atom is -0.494 e. The predicted octanol–water partition coefficient (Wildman–Crippen LogP) is 3.60. The van der Waals surface area contributed by atoms with Crippen molar-refractivity contribution in [3.63, 3.8) is 0 Å². The van der Waals surface area contributed by atoms with Crippen LogP contribution in [0, 0.1) is 0 Å². The summed E-state index contributed by atoms with van der Waals surface area (Å²) in [6.07, 6.45) is 2.60. The van der Waals surface area contributed by atoms with Gasteiger partial charge in [-0.1, -0.05) is 24.2 Å². The molecule has 3 heteroatoms. The first kappa shape index (κ1) is 12.5. The van der Waals surface area contributed by atoms with E-state index in [0.717, 1.165) is 12.1 Å². The molecule has 1 aromatic rings. The molecule has 0 amide bonds. The molecule has 0 bridgehead atoms. The fraction of sp³-hybridized carbons (Fsp3) is 0.429. The molecule has 0 unspecified atom stereocenters. The summed E-state index contributed by atoms with van der Waals surface area (Å²) in [6.45, 7) is 7.30. The SMILES string of the molecule is C=C(OCC)c1ccc(CNC2CC2)cc1Cl. The summed E-state index contributed by atoms with van der Waals surface area (Å²) in [5.74, 6) is 0.638. The molecule has 1 aliphatic carbocycles. The summed E-state index contributed by atoms with van der Waals surface area (Å²) in [6, 6.07) is 6.74. The molecule has 17 heavy (non-hydrogen) atoms. The average molecular weight is 252 g/mol. The van der Waals surface area contributed by atoms with Crippen molar-refractivity contribution in [1.82, 2.24) is 5.32 Å². The number of hydrogen-bond acceptors (Lipinski definition) is 2. The van der Waals surface area contributed by atoms with Crippen LogP contribution in [-0.2, 0) is 11.3 Å². The van der Waals surface area contributed by atoms with Crippen molar-refractivity contribution < 1.29 is 4.74 Å². The third-order valence-corrected chi connectivity index (χ3v) is 3.14. The van der Waals surface area contributed by atoms with Crippen LogP contribution in [0.2, 0.25) is 5.02 Å². The number of benzene rings is 1. The van der Waals surface area contributed by atoms with Gasteiger partial charge in [0.1, 0.15) is 5.76 Å². The zero-order chi connectivity index (χ0) is 12.3. The normalized spacial score (nSPS) is 14.7. The van der Waals surface area contributed by atoms with E-state index in [1.807, 2.05) is 19.1 Å². The van der Waals surface area contributed by atoms with Crippen molar-refractivity contribution in [2.75, 3.05) is 6.61 Å². The highest BCUT2D eigenvalue weighted by Gasteiger charge is 2.20. The summed E-state index contributed by atoms with van der Waals surface area (Å²) in [4.78, 5) is 0. The number of halogens is 1. The second kappa shape index (κ2) is 5.56. The van der Waals surface area contributed by atoms with E-state index in [0.29, 0.717) is 23.4 Å². The maximum Gasteiger partial charge on any atom is 0.120 e. The number of hydrogen-bond donors (Lipinski definition) is 1. The van der Waals surface area contributed by atoms with Crippen LogP contribution in [0.5, 0.6) is 0 Å². The number of ether oxygens (including phenoxy) is 1. The molecular formula is C14H18ClNO. The van der Waals surface area contributed by atoms with E-state index in [4.69, 9.17) is 16.3 Å². The highest BCUT2D eigenvalue weighted by molar-refractivity contribution is 6.32. The van der Waals surface area contributed by atoms with Crippen LogP contribution in [0.15, 0.2) is 24.8 Å². The molecule has 0 heterocycles. The van der Waals surface area contributed by atoms with E-state index in [-0.39, 0.29) is 0 Å². The first-order valence-electron chi connectivity index (χ1n) is 6.04. The van der Waals surface area contributed by atoms with Crippen LogP contribution in [0.25, 0.3) is 5.76 Å². The Hall–Kier alpha value is -0.990. The highest BCUT2D eigenvalue weighted by atomic mass is 35.5. The third-order valence-electron chi connectivity index (χ3n) is 2.82. The predicted molar refractivity (Wildman–Crippen MR) is 72.0 cm³/mol. The topological polar surface area (TPSA) is 21.3 Å². The van der Waals surface area contributed by atoms with Crippen LogP contribution in [0.3, 0.4) is 0 Å². The molecule has 1 saturated carbocycles. The second-order valence-corrected chi connectivity index (χ2v) is 4.73. The average Bonchev–Trinajstić information content (AvgIpc) is 3.10. The van der Waals surface area contributed by atoms with Crippen LogP contribution in [0.1, 0.15) is 30.9 Å². The maximum atomic E-state index is 6.22. The minimum absolute atomic E-state index is 0.611. The van der Waals surface area contributed by atoms with Gasteiger partial charge in [0.05, 0.1) is 11.6 Å². The lowest BCUT2D eigenvalue weighted by atomic mass is 10.1. The van der Waals surface area contributed by atoms with Gasteiger partial charge in [-0.2, -0.15) is 0 Å².